The van der Waals surface area contributed by atoms with Crippen molar-refractivity contribution < 1.29 is 17.6 Å². The van der Waals surface area contributed by atoms with Gasteiger partial charge in [0.05, 0.1) is 29.7 Å². The van der Waals surface area contributed by atoms with Gasteiger partial charge in [-0.2, -0.15) is 13.2 Å². The van der Waals surface area contributed by atoms with Crippen LogP contribution in [-0.4, -0.2) is 32.2 Å². The number of para-hydroxylation sites is 1. The summed E-state index contributed by atoms with van der Waals surface area (Å²) in [5.74, 6) is 1.31. The van der Waals surface area contributed by atoms with Gasteiger partial charge in [0.15, 0.2) is 0 Å². The molecule has 0 N–H and O–H groups in total. The van der Waals surface area contributed by atoms with Crippen molar-refractivity contribution >= 4 is 10.9 Å². The lowest BCUT2D eigenvalue weighted by atomic mass is 10.1. The van der Waals surface area contributed by atoms with Gasteiger partial charge in [-0.3, -0.25) is 14.3 Å². The van der Waals surface area contributed by atoms with Crippen molar-refractivity contribution in [1.82, 2.24) is 19.4 Å². The highest BCUT2D eigenvalue weighted by atomic mass is 19.4. The van der Waals surface area contributed by atoms with Crippen LogP contribution in [0.1, 0.15) is 36.4 Å². The Hall–Kier alpha value is -2.68. The number of hydrogen-bond donors (Lipinski definition) is 0. The van der Waals surface area contributed by atoms with Crippen molar-refractivity contribution in [3.05, 3.63) is 58.3 Å². The fourth-order valence-corrected chi connectivity index (χ4v) is 3.73. The second-order valence-electron chi connectivity index (χ2n) is 6.99. The van der Waals surface area contributed by atoms with Crippen LogP contribution in [0.5, 0.6) is 0 Å². The molecule has 1 aromatic carbocycles. The van der Waals surface area contributed by atoms with E-state index >= 15 is 0 Å². The van der Waals surface area contributed by atoms with Crippen LogP contribution in [0.3, 0.4) is 0 Å². The zero-order valence-corrected chi connectivity index (χ0v) is 15.2. The number of aryl methyl sites for hydroxylation is 1. The minimum absolute atomic E-state index is 0.141. The molecular weight excluding hydrogens is 373 g/mol. The molecular formula is C19H19F3N4O2. The van der Waals surface area contributed by atoms with E-state index in [9.17, 15) is 18.0 Å². The Morgan fingerprint density at radius 3 is 2.79 bits per heavy atom. The number of aromatic nitrogens is 3. The number of oxazole rings is 1. The maximum Gasteiger partial charge on any atom is 0.406 e. The molecule has 1 unspecified atom stereocenters. The molecule has 1 fully saturated rings. The molecule has 2 aromatic heterocycles. The summed E-state index contributed by atoms with van der Waals surface area (Å²) in [5, 5.41) is 0.184. The van der Waals surface area contributed by atoms with Crippen LogP contribution in [0.4, 0.5) is 13.2 Å². The van der Waals surface area contributed by atoms with E-state index in [4.69, 9.17) is 4.42 Å². The molecule has 4 rings (SSSR count). The summed E-state index contributed by atoms with van der Waals surface area (Å²) in [6.45, 7) is 1.44. The van der Waals surface area contributed by atoms with Crippen LogP contribution < -0.4 is 5.56 Å². The highest BCUT2D eigenvalue weighted by Gasteiger charge is 2.35. The SMILES string of the molecule is Cc1cnc(CN2CCCC2c2nc3ccccc3c(=O)n2CC(F)(F)F)o1. The standard InChI is InChI=1S/C19H19F3N4O2/c1-12-9-23-16(28-12)10-25-8-4-7-15(25)17-24-14-6-3-2-5-13(14)18(27)26(17)11-19(20,21)22/h2-3,5-6,9,15H,4,7-8,10-11H2,1H3. The fourth-order valence-electron chi connectivity index (χ4n) is 3.73. The number of rotatable bonds is 4. The van der Waals surface area contributed by atoms with Crippen LogP contribution in [0.2, 0.25) is 0 Å². The zero-order chi connectivity index (χ0) is 19.9. The largest absolute Gasteiger partial charge is 0.445 e. The molecule has 0 bridgehead atoms. The van der Waals surface area contributed by atoms with Gasteiger partial charge >= 0.3 is 6.18 Å². The van der Waals surface area contributed by atoms with E-state index < -0.39 is 24.3 Å². The average Bonchev–Trinajstić information content (AvgIpc) is 3.25. The second-order valence-corrected chi connectivity index (χ2v) is 6.99. The van der Waals surface area contributed by atoms with Gasteiger partial charge in [0.25, 0.3) is 5.56 Å². The van der Waals surface area contributed by atoms with Gasteiger partial charge in [0.2, 0.25) is 5.89 Å². The highest BCUT2D eigenvalue weighted by molar-refractivity contribution is 5.77. The summed E-state index contributed by atoms with van der Waals surface area (Å²) in [6.07, 6.45) is -1.51. The van der Waals surface area contributed by atoms with Gasteiger partial charge in [0, 0.05) is 0 Å². The van der Waals surface area contributed by atoms with Crippen LogP contribution >= 0.6 is 0 Å². The topological polar surface area (TPSA) is 64.2 Å². The van der Waals surface area contributed by atoms with E-state index in [0.29, 0.717) is 36.7 Å². The Kier molecular flexibility index (Phi) is 4.70. The van der Waals surface area contributed by atoms with Crippen molar-refractivity contribution in [2.45, 2.75) is 45.1 Å². The van der Waals surface area contributed by atoms with E-state index in [2.05, 4.69) is 9.97 Å². The van der Waals surface area contributed by atoms with Gasteiger partial charge in [-0.1, -0.05) is 12.1 Å². The Labute approximate surface area is 158 Å². The Balaban J connectivity index is 1.79. The number of likely N-dealkylation sites (tertiary alicyclic amines) is 1. The maximum absolute atomic E-state index is 13.2. The van der Waals surface area contributed by atoms with E-state index in [-0.39, 0.29) is 11.2 Å². The van der Waals surface area contributed by atoms with E-state index in [1.807, 2.05) is 4.90 Å². The number of alkyl halides is 3. The molecule has 1 aliphatic rings. The third-order valence-electron chi connectivity index (χ3n) is 4.90. The molecule has 1 aliphatic heterocycles. The molecule has 1 atom stereocenters. The molecule has 0 amide bonds. The molecule has 0 spiro atoms. The number of fused-ring (bicyclic) bond motifs is 1. The minimum Gasteiger partial charge on any atom is -0.445 e. The van der Waals surface area contributed by atoms with Crippen molar-refractivity contribution in [1.29, 1.82) is 0 Å². The summed E-state index contributed by atoms with van der Waals surface area (Å²) in [5.41, 5.74) is -0.267. The van der Waals surface area contributed by atoms with Crippen molar-refractivity contribution in [2.24, 2.45) is 0 Å². The smallest absolute Gasteiger partial charge is 0.406 e. The molecule has 148 valence electrons. The second kappa shape index (κ2) is 7.05. The van der Waals surface area contributed by atoms with Crippen LogP contribution in [0.15, 0.2) is 39.7 Å². The zero-order valence-electron chi connectivity index (χ0n) is 15.2. The number of benzene rings is 1. The van der Waals surface area contributed by atoms with Crippen LogP contribution in [-0.2, 0) is 13.1 Å². The summed E-state index contributed by atoms with van der Waals surface area (Å²) < 4.78 is 45.9. The number of halogens is 3. The molecule has 1 saturated heterocycles. The molecule has 28 heavy (non-hydrogen) atoms. The third-order valence-corrected chi connectivity index (χ3v) is 4.90. The van der Waals surface area contributed by atoms with Crippen molar-refractivity contribution in [3.8, 4) is 0 Å². The normalized spacial score (nSPS) is 18.2. The molecule has 3 heterocycles. The van der Waals surface area contributed by atoms with Crippen LogP contribution in [0, 0.1) is 6.92 Å². The van der Waals surface area contributed by atoms with Crippen molar-refractivity contribution in [3.63, 3.8) is 0 Å². The first-order valence-corrected chi connectivity index (χ1v) is 9.03. The molecule has 3 aromatic rings. The van der Waals surface area contributed by atoms with Gasteiger partial charge in [-0.15, -0.1) is 0 Å². The lowest BCUT2D eigenvalue weighted by molar-refractivity contribution is -0.142. The average molecular weight is 392 g/mol. The van der Waals surface area contributed by atoms with Gasteiger partial charge < -0.3 is 4.42 Å². The molecule has 0 aliphatic carbocycles. The quantitative estimate of drug-likeness (QED) is 0.679. The first-order chi connectivity index (χ1) is 13.3. The fraction of sp³-hybridized carbons (Fsp3) is 0.421. The Bertz CT molecular complexity index is 1060. The first-order valence-electron chi connectivity index (χ1n) is 9.03. The summed E-state index contributed by atoms with van der Waals surface area (Å²) in [4.78, 5) is 23.4. The van der Waals surface area contributed by atoms with Gasteiger partial charge in [0.1, 0.15) is 18.1 Å². The summed E-state index contributed by atoms with van der Waals surface area (Å²) >= 11 is 0. The van der Waals surface area contributed by atoms with E-state index in [1.54, 1.807) is 31.3 Å². The molecule has 0 saturated carbocycles. The van der Waals surface area contributed by atoms with Crippen LogP contribution in [0.25, 0.3) is 10.9 Å². The number of nitrogens with zero attached hydrogens (tertiary/aromatic N) is 4. The van der Waals surface area contributed by atoms with Crippen molar-refractivity contribution in [2.75, 3.05) is 6.54 Å². The van der Waals surface area contributed by atoms with Gasteiger partial charge in [-0.25, -0.2) is 9.97 Å². The predicted molar refractivity (Wildman–Crippen MR) is 95.7 cm³/mol. The third kappa shape index (κ3) is 3.66. The molecule has 9 heteroatoms. The monoisotopic (exact) mass is 392 g/mol. The predicted octanol–water partition coefficient (Wildman–Crippen LogP) is 3.59. The Morgan fingerprint density at radius 2 is 2.07 bits per heavy atom. The summed E-state index contributed by atoms with van der Waals surface area (Å²) in [6, 6.07) is 6.08. The summed E-state index contributed by atoms with van der Waals surface area (Å²) in [7, 11) is 0. The lowest BCUT2D eigenvalue weighted by Gasteiger charge is -2.26. The number of hydrogen-bond acceptors (Lipinski definition) is 5. The Morgan fingerprint density at radius 1 is 1.29 bits per heavy atom. The molecule has 0 radical (unpaired) electrons. The molecule has 6 nitrogen and oxygen atoms in total. The lowest BCUT2D eigenvalue weighted by Crippen LogP contribution is -2.35. The van der Waals surface area contributed by atoms with E-state index in [0.717, 1.165) is 11.0 Å². The first kappa shape index (κ1) is 18.7. The van der Waals surface area contributed by atoms with Gasteiger partial charge in [-0.05, 0) is 38.4 Å². The highest BCUT2D eigenvalue weighted by Crippen LogP contribution is 2.33. The maximum atomic E-state index is 13.2. The minimum atomic E-state index is -4.52. The van der Waals surface area contributed by atoms with E-state index in [1.165, 1.54) is 6.07 Å².